The Morgan fingerprint density at radius 2 is 2.02 bits per heavy atom. The van der Waals surface area contributed by atoms with Crippen LogP contribution < -0.4 is 20.1 Å². The van der Waals surface area contributed by atoms with Gasteiger partial charge in [0.2, 0.25) is 17.7 Å². The summed E-state index contributed by atoms with van der Waals surface area (Å²) < 4.78 is 17.3. The molecule has 12 heteroatoms. The van der Waals surface area contributed by atoms with E-state index >= 15 is 0 Å². The van der Waals surface area contributed by atoms with Gasteiger partial charge in [-0.2, -0.15) is 0 Å². The lowest BCUT2D eigenvalue weighted by molar-refractivity contribution is -0.145. The van der Waals surface area contributed by atoms with Crippen LogP contribution in [0.25, 0.3) is 10.9 Å². The van der Waals surface area contributed by atoms with Gasteiger partial charge in [-0.15, -0.1) is 0 Å². The number of alkyl carbamates (subject to hydrolysis) is 1. The van der Waals surface area contributed by atoms with E-state index in [1.54, 1.807) is 13.0 Å². The summed E-state index contributed by atoms with van der Waals surface area (Å²) in [5.74, 6) is -1.38. The number of carboxylic acids is 1. The second kappa shape index (κ2) is 13.7. The van der Waals surface area contributed by atoms with Gasteiger partial charge in [-0.3, -0.25) is 9.59 Å². The number of allylic oxidation sites excluding steroid dienone is 1. The zero-order valence-corrected chi connectivity index (χ0v) is 26.0. The Balaban J connectivity index is 1.44. The molecule has 3 amide bonds. The molecule has 2 fully saturated rings. The lowest BCUT2D eigenvalue weighted by Crippen LogP contribution is -2.53. The summed E-state index contributed by atoms with van der Waals surface area (Å²) in [4.78, 5) is 58.4. The highest BCUT2D eigenvalue weighted by Crippen LogP contribution is 2.45. The summed E-state index contributed by atoms with van der Waals surface area (Å²) in [6.45, 7) is 6.24. The van der Waals surface area contributed by atoms with Crippen LogP contribution in [0.5, 0.6) is 11.6 Å². The summed E-state index contributed by atoms with van der Waals surface area (Å²) in [5, 5.41) is 16.4. The standard InChI is InChI=1S/C33H42N4O8/c1-4-43-27-17-26(24-14-10-11-20(3)29(24)35-27)45-23-16-25-30(39)36-33(31(40)41)18-21(33)12-8-6-7-9-13-22(34-32(42)44-5-2)15-28(38)37(25)19-23/h8,10-12,14,17,21-23,25H,4-7,9,13,15-16,18-19H2,1-3H3,(H,34,42)(H,36,39)(H,40,41)/b12-8-/t21-,22-,23+,25-,33+/m0/s1. The van der Waals surface area contributed by atoms with Crippen molar-refractivity contribution >= 4 is 34.8 Å². The van der Waals surface area contributed by atoms with E-state index in [-0.39, 0.29) is 37.8 Å². The third-order valence-electron chi connectivity index (χ3n) is 8.75. The number of carbonyl (C=O) groups is 4. The molecule has 3 aliphatic rings. The number of aryl methyl sites for hydroxylation is 1. The van der Waals surface area contributed by atoms with E-state index in [1.807, 2.05) is 44.2 Å². The number of fused-ring (bicyclic) bond motifs is 3. The fourth-order valence-corrected chi connectivity index (χ4v) is 6.32. The van der Waals surface area contributed by atoms with E-state index in [9.17, 15) is 24.3 Å². The number of hydrogen-bond acceptors (Lipinski definition) is 8. The van der Waals surface area contributed by atoms with Crippen LogP contribution in [-0.4, -0.2) is 82.4 Å². The minimum absolute atomic E-state index is 0.0380. The normalized spacial score (nSPS) is 27.7. The highest BCUT2D eigenvalue weighted by atomic mass is 16.5. The molecule has 45 heavy (non-hydrogen) atoms. The van der Waals surface area contributed by atoms with Crippen LogP contribution in [-0.2, 0) is 19.1 Å². The number of hydrogen-bond donors (Lipinski definition) is 3. The lowest BCUT2D eigenvalue weighted by atomic mass is 10.0. The van der Waals surface area contributed by atoms with Gasteiger partial charge >= 0.3 is 12.1 Å². The summed E-state index contributed by atoms with van der Waals surface area (Å²) in [6, 6.07) is 6.01. The predicted octanol–water partition coefficient (Wildman–Crippen LogP) is 3.88. The maximum atomic E-state index is 13.9. The molecule has 0 radical (unpaired) electrons. The van der Waals surface area contributed by atoms with Crippen molar-refractivity contribution in [1.29, 1.82) is 0 Å². The van der Waals surface area contributed by atoms with Crippen LogP contribution in [0.2, 0.25) is 0 Å². The second-order valence-electron chi connectivity index (χ2n) is 12.0. The van der Waals surface area contributed by atoms with Crippen molar-refractivity contribution in [2.24, 2.45) is 5.92 Å². The number of rotatable bonds is 7. The first-order valence-corrected chi connectivity index (χ1v) is 15.8. The van der Waals surface area contributed by atoms with E-state index in [0.29, 0.717) is 31.1 Å². The van der Waals surface area contributed by atoms with Crippen molar-refractivity contribution in [2.75, 3.05) is 19.8 Å². The molecule has 3 heterocycles. The molecule has 3 N–H and O–H groups in total. The van der Waals surface area contributed by atoms with Gasteiger partial charge in [0.05, 0.1) is 25.3 Å². The number of pyridine rings is 1. The Bertz CT molecular complexity index is 1480. The van der Waals surface area contributed by atoms with E-state index in [2.05, 4.69) is 15.6 Å². The van der Waals surface area contributed by atoms with Crippen LogP contribution >= 0.6 is 0 Å². The number of carbonyl (C=O) groups excluding carboxylic acids is 3. The maximum absolute atomic E-state index is 13.9. The Morgan fingerprint density at radius 1 is 1.20 bits per heavy atom. The Kier molecular flexibility index (Phi) is 9.79. The Morgan fingerprint density at radius 3 is 2.78 bits per heavy atom. The molecule has 1 aliphatic carbocycles. The van der Waals surface area contributed by atoms with Crippen LogP contribution in [0.4, 0.5) is 4.79 Å². The van der Waals surface area contributed by atoms with Gasteiger partial charge in [-0.1, -0.05) is 30.7 Å². The van der Waals surface area contributed by atoms with Crippen LogP contribution in [0.3, 0.4) is 0 Å². The number of aromatic nitrogens is 1. The zero-order valence-electron chi connectivity index (χ0n) is 26.0. The first-order chi connectivity index (χ1) is 21.6. The minimum atomic E-state index is -1.40. The van der Waals surface area contributed by atoms with Crippen molar-refractivity contribution in [2.45, 2.75) is 89.4 Å². The molecule has 0 spiro atoms. The number of benzene rings is 1. The molecule has 1 aromatic carbocycles. The van der Waals surface area contributed by atoms with Gasteiger partial charge in [0, 0.05) is 36.3 Å². The van der Waals surface area contributed by atoms with Crippen molar-refractivity contribution < 1.29 is 38.5 Å². The quantitative estimate of drug-likeness (QED) is 0.390. The average Bonchev–Trinajstić information content (AvgIpc) is 3.52. The van der Waals surface area contributed by atoms with Crippen molar-refractivity contribution in [3.8, 4) is 11.6 Å². The number of amides is 3. The van der Waals surface area contributed by atoms with Crippen LogP contribution in [0, 0.1) is 12.8 Å². The number of nitrogens with one attached hydrogen (secondary N) is 2. The molecule has 242 valence electrons. The van der Waals surface area contributed by atoms with E-state index in [4.69, 9.17) is 14.2 Å². The van der Waals surface area contributed by atoms with Gasteiger partial charge in [0.15, 0.2) is 0 Å². The molecule has 0 unspecified atom stereocenters. The summed E-state index contributed by atoms with van der Waals surface area (Å²) in [7, 11) is 0. The van der Waals surface area contributed by atoms with Gasteiger partial charge in [-0.25, -0.2) is 14.6 Å². The molecular formula is C33H42N4O8. The van der Waals surface area contributed by atoms with E-state index in [1.165, 1.54) is 4.90 Å². The molecular weight excluding hydrogens is 580 g/mol. The second-order valence-corrected chi connectivity index (χ2v) is 12.0. The number of carboxylic acid groups (broad SMARTS) is 1. The predicted molar refractivity (Wildman–Crippen MR) is 165 cm³/mol. The molecule has 1 saturated carbocycles. The molecule has 2 aliphatic heterocycles. The van der Waals surface area contributed by atoms with E-state index < -0.39 is 41.7 Å². The number of para-hydroxylation sites is 1. The van der Waals surface area contributed by atoms with Gasteiger partial charge in [0.1, 0.15) is 23.4 Å². The van der Waals surface area contributed by atoms with Crippen molar-refractivity contribution in [3.63, 3.8) is 0 Å². The number of aliphatic carboxylic acids is 1. The third-order valence-corrected chi connectivity index (χ3v) is 8.75. The molecule has 2 aromatic rings. The van der Waals surface area contributed by atoms with Crippen LogP contribution in [0.1, 0.15) is 64.4 Å². The maximum Gasteiger partial charge on any atom is 0.407 e. The highest BCUT2D eigenvalue weighted by molar-refractivity contribution is 5.95. The molecule has 12 nitrogen and oxygen atoms in total. The summed E-state index contributed by atoms with van der Waals surface area (Å²) >= 11 is 0. The topological polar surface area (TPSA) is 156 Å². The highest BCUT2D eigenvalue weighted by Gasteiger charge is 2.61. The van der Waals surface area contributed by atoms with Gasteiger partial charge in [0.25, 0.3) is 0 Å². The molecule has 5 atom stereocenters. The lowest BCUT2D eigenvalue weighted by Gasteiger charge is -2.27. The van der Waals surface area contributed by atoms with Crippen LogP contribution in [0.15, 0.2) is 36.4 Å². The SMILES string of the molecule is CCOC(=O)N[C@H]1CCCC/C=C\[C@H]2C[C@@]2(C(=O)O)NC(=O)[C@@H]2C[C@@H](Oc3cc(OCC)nc4c(C)cccc34)CN2C(=O)C1. The summed E-state index contributed by atoms with van der Waals surface area (Å²) in [6.07, 6.45) is 5.86. The summed E-state index contributed by atoms with van der Waals surface area (Å²) in [5.41, 5.74) is 0.268. The smallest absolute Gasteiger partial charge is 0.407 e. The van der Waals surface area contributed by atoms with E-state index in [0.717, 1.165) is 35.7 Å². The Labute approximate surface area is 262 Å². The van der Waals surface area contributed by atoms with Gasteiger partial charge < -0.3 is 34.9 Å². The zero-order chi connectivity index (χ0) is 32.1. The average molecular weight is 623 g/mol. The first-order valence-electron chi connectivity index (χ1n) is 15.8. The molecule has 5 rings (SSSR count). The van der Waals surface area contributed by atoms with Crippen molar-refractivity contribution in [1.82, 2.24) is 20.5 Å². The third kappa shape index (κ3) is 7.15. The van der Waals surface area contributed by atoms with Crippen molar-refractivity contribution in [3.05, 3.63) is 42.0 Å². The largest absolute Gasteiger partial charge is 0.488 e. The first kappa shape index (κ1) is 32.1. The molecule has 0 bridgehead atoms. The fraction of sp³-hybridized carbons (Fsp3) is 0.545. The number of nitrogens with zero attached hydrogens (tertiary/aromatic N) is 2. The Hall–Kier alpha value is -4.35. The fourth-order valence-electron chi connectivity index (χ4n) is 6.32. The molecule has 1 aromatic heterocycles. The minimum Gasteiger partial charge on any atom is -0.488 e. The van der Waals surface area contributed by atoms with Gasteiger partial charge in [-0.05, 0) is 58.1 Å². The molecule has 1 saturated heterocycles. The monoisotopic (exact) mass is 622 g/mol. The number of ether oxygens (including phenoxy) is 3.